The van der Waals surface area contributed by atoms with Crippen molar-refractivity contribution in [1.82, 2.24) is 5.32 Å². The van der Waals surface area contributed by atoms with Crippen LogP contribution in [0.15, 0.2) is 12.1 Å². The molecule has 0 fully saturated rings. The van der Waals surface area contributed by atoms with E-state index in [2.05, 4.69) is 10.6 Å². The highest BCUT2D eigenvalue weighted by molar-refractivity contribution is 5.92. The fourth-order valence-electron chi connectivity index (χ4n) is 1.73. The number of hydrogen-bond donors (Lipinski definition) is 2. The predicted molar refractivity (Wildman–Crippen MR) is 78.0 cm³/mol. The molecule has 0 atom stereocenters. The summed E-state index contributed by atoms with van der Waals surface area (Å²) in [4.78, 5) is 22.5. The molecule has 21 heavy (non-hydrogen) atoms. The van der Waals surface area contributed by atoms with Crippen molar-refractivity contribution >= 4 is 17.5 Å². The van der Waals surface area contributed by atoms with Gasteiger partial charge in [0.15, 0.2) is 11.5 Å². The summed E-state index contributed by atoms with van der Waals surface area (Å²) in [6.45, 7) is 1.68. The van der Waals surface area contributed by atoms with Crippen LogP contribution >= 0.6 is 0 Å². The van der Waals surface area contributed by atoms with E-state index in [1.54, 1.807) is 12.1 Å². The normalized spacial score (nSPS) is 9.71. The second kappa shape index (κ2) is 7.98. The molecule has 116 valence electrons. The number of hydrogen-bond acceptors (Lipinski definition) is 5. The molecule has 0 aliphatic carbocycles. The van der Waals surface area contributed by atoms with Crippen molar-refractivity contribution in [3.05, 3.63) is 12.1 Å². The van der Waals surface area contributed by atoms with Gasteiger partial charge in [-0.25, -0.2) is 0 Å². The number of amides is 2. The zero-order valence-electron chi connectivity index (χ0n) is 12.6. The molecule has 7 nitrogen and oxygen atoms in total. The third-order valence-electron chi connectivity index (χ3n) is 2.67. The van der Waals surface area contributed by atoms with Crippen LogP contribution in [0, 0.1) is 0 Å². The second-order valence-electron chi connectivity index (χ2n) is 4.20. The summed E-state index contributed by atoms with van der Waals surface area (Å²) in [6, 6.07) is 3.27. The van der Waals surface area contributed by atoms with Crippen LogP contribution in [0.4, 0.5) is 5.69 Å². The Balaban J connectivity index is 2.79. The van der Waals surface area contributed by atoms with Crippen LogP contribution in [0.5, 0.6) is 17.2 Å². The average molecular weight is 296 g/mol. The van der Waals surface area contributed by atoms with Gasteiger partial charge in [0, 0.05) is 37.7 Å². The van der Waals surface area contributed by atoms with E-state index in [0.29, 0.717) is 22.9 Å². The monoisotopic (exact) mass is 296 g/mol. The molecular weight excluding hydrogens is 276 g/mol. The van der Waals surface area contributed by atoms with Crippen LogP contribution in [-0.4, -0.2) is 39.7 Å². The van der Waals surface area contributed by atoms with Crippen molar-refractivity contribution in [1.29, 1.82) is 0 Å². The van der Waals surface area contributed by atoms with Crippen LogP contribution < -0.4 is 24.8 Å². The molecule has 0 aliphatic heterocycles. The standard InChI is InChI=1S/C14H20N2O5/c1-9(17)15-6-5-13(18)16-10-7-11(19-2)14(21-4)12(8-10)20-3/h7-8H,5-6H2,1-4H3,(H,15,17)(H,16,18). The van der Waals surface area contributed by atoms with Crippen molar-refractivity contribution in [3.63, 3.8) is 0 Å². The lowest BCUT2D eigenvalue weighted by atomic mass is 10.2. The minimum atomic E-state index is -0.224. The molecule has 0 radical (unpaired) electrons. The van der Waals surface area contributed by atoms with Crippen LogP contribution in [0.1, 0.15) is 13.3 Å². The summed E-state index contributed by atoms with van der Waals surface area (Å²) in [6.07, 6.45) is 0.177. The maximum atomic E-state index is 11.8. The number of rotatable bonds is 7. The molecule has 0 aromatic heterocycles. The van der Waals surface area contributed by atoms with Gasteiger partial charge in [-0.05, 0) is 0 Å². The zero-order chi connectivity index (χ0) is 15.8. The molecule has 0 spiro atoms. The molecule has 0 aliphatic rings. The van der Waals surface area contributed by atoms with Crippen LogP contribution in [0.25, 0.3) is 0 Å². The number of carbonyl (C=O) groups excluding carboxylic acids is 2. The van der Waals surface area contributed by atoms with Crippen LogP contribution in [0.2, 0.25) is 0 Å². The molecule has 0 heterocycles. The third kappa shape index (κ3) is 4.87. The fourth-order valence-corrected chi connectivity index (χ4v) is 1.73. The summed E-state index contributed by atoms with van der Waals surface area (Å²) < 4.78 is 15.6. The molecule has 7 heteroatoms. The SMILES string of the molecule is COc1cc(NC(=O)CCNC(C)=O)cc(OC)c1OC. The molecular formula is C14H20N2O5. The van der Waals surface area contributed by atoms with Gasteiger partial charge in [-0.15, -0.1) is 0 Å². The summed E-state index contributed by atoms with van der Waals surface area (Å²) in [7, 11) is 4.51. The maximum Gasteiger partial charge on any atom is 0.226 e. The number of nitrogens with one attached hydrogen (secondary N) is 2. The van der Waals surface area contributed by atoms with E-state index >= 15 is 0 Å². The molecule has 1 rings (SSSR count). The van der Waals surface area contributed by atoms with Crippen LogP contribution in [-0.2, 0) is 9.59 Å². The number of benzene rings is 1. The smallest absolute Gasteiger partial charge is 0.226 e. The highest BCUT2D eigenvalue weighted by Gasteiger charge is 2.14. The number of anilines is 1. The number of carbonyl (C=O) groups is 2. The Morgan fingerprint density at radius 3 is 2.05 bits per heavy atom. The topological polar surface area (TPSA) is 85.9 Å². The van der Waals surface area contributed by atoms with Gasteiger partial charge in [-0.3, -0.25) is 9.59 Å². The molecule has 0 saturated carbocycles. The van der Waals surface area contributed by atoms with Gasteiger partial charge >= 0.3 is 0 Å². The first-order valence-electron chi connectivity index (χ1n) is 6.36. The van der Waals surface area contributed by atoms with Crippen molar-refractivity contribution in [3.8, 4) is 17.2 Å². The van der Waals surface area contributed by atoms with E-state index in [4.69, 9.17) is 14.2 Å². The Hall–Kier alpha value is -2.44. The molecule has 2 amide bonds. The lowest BCUT2D eigenvalue weighted by molar-refractivity contribution is -0.119. The molecule has 0 unspecified atom stereocenters. The Morgan fingerprint density at radius 1 is 1.05 bits per heavy atom. The van der Waals surface area contributed by atoms with Gasteiger partial charge in [0.05, 0.1) is 21.3 Å². The maximum absolute atomic E-state index is 11.8. The summed E-state index contributed by atoms with van der Waals surface area (Å²) in [5, 5.41) is 5.27. The summed E-state index contributed by atoms with van der Waals surface area (Å²) in [5.74, 6) is 0.966. The van der Waals surface area contributed by atoms with Gasteiger partial charge in [0.2, 0.25) is 17.6 Å². The van der Waals surface area contributed by atoms with Crippen molar-refractivity contribution in [2.75, 3.05) is 33.2 Å². The average Bonchev–Trinajstić information content (AvgIpc) is 2.45. The third-order valence-corrected chi connectivity index (χ3v) is 2.67. The minimum absolute atomic E-state index is 0.171. The van der Waals surface area contributed by atoms with Crippen LogP contribution in [0.3, 0.4) is 0 Å². The van der Waals surface area contributed by atoms with Crippen molar-refractivity contribution < 1.29 is 23.8 Å². The zero-order valence-corrected chi connectivity index (χ0v) is 12.6. The van der Waals surface area contributed by atoms with Gasteiger partial charge in [-0.1, -0.05) is 0 Å². The second-order valence-corrected chi connectivity index (χ2v) is 4.20. The lowest BCUT2D eigenvalue weighted by Gasteiger charge is -2.14. The first-order chi connectivity index (χ1) is 10.0. The molecule has 1 aromatic carbocycles. The quantitative estimate of drug-likeness (QED) is 0.789. The Bertz CT molecular complexity index is 491. The number of methoxy groups -OCH3 is 3. The van der Waals surface area contributed by atoms with E-state index in [9.17, 15) is 9.59 Å². The van der Waals surface area contributed by atoms with E-state index in [1.807, 2.05) is 0 Å². The van der Waals surface area contributed by atoms with Gasteiger partial charge in [0.25, 0.3) is 0 Å². The molecule has 0 bridgehead atoms. The van der Waals surface area contributed by atoms with Gasteiger partial charge in [-0.2, -0.15) is 0 Å². The van der Waals surface area contributed by atoms with Crippen molar-refractivity contribution in [2.45, 2.75) is 13.3 Å². The molecule has 0 saturated heterocycles. The summed E-state index contributed by atoms with van der Waals surface area (Å²) >= 11 is 0. The van der Waals surface area contributed by atoms with Crippen molar-refractivity contribution in [2.24, 2.45) is 0 Å². The van der Waals surface area contributed by atoms with E-state index in [-0.39, 0.29) is 24.8 Å². The van der Waals surface area contributed by atoms with E-state index in [1.165, 1.54) is 28.3 Å². The molecule has 2 N–H and O–H groups in total. The Kier molecular flexibility index (Phi) is 6.32. The first kappa shape index (κ1) is 16.6. The Labute approximate surface area is 123 Å². The number of ether oxygens (including phenoxy) is 3. The minimum Gasteiger partial charge on any atom is -0.493 e. The summed E-state index contributed by atoms with van der Waals surface area (Å²) in [5.41, 5.74) is 0.525. The highest BCUT2D eigenvalue weighted by atomic mass is 16.5. The van der Waals surface area contributed by atoms with Gasteiger partial charge < -0.3 is 24.8 Å². The first-order valence-corrected chi connectivity index (χ1v) is 6.36. The Morgan fingerprint density at radius 2 is 1.62 bits per heavy atom. The fraction of sp³-hybridized carbons (Fsp3) is 0.429. The van der Waals surface area contributed by atoms with Gasteiger partial charge in [0.1, 0.15) is 0 Å². The highest BCUT2D eigenvalue weighted by Crippen LogP contribution is 2.39. The largest absolute Gasteiger partial charge is 0.493 e. The lowest BCUT2D eigenvalue weighted by Crippen LogP contribution is -2.25. The van der Waals surface area contributed by atoms with E-state index < -0.39 is 0 Å². The predicted octanol–water partition coefficient (Wildman–Crippen LogP) is 1.18. The molecule has 1 aromatic rings. The van der Waals surface area contributed by atoms with E-state index in [0.717, 1.165) is 0 Å².